The van der Waals surface area contributed by atoms with Crippen LogP contribution in [0.25, 0.3) is 0 Å². The van der Waals surface area contributed by atoms with Gasteiger partial charge in [-0.1, -0.05) is 23.8 Å². The first-order chi connectivity index (χ1) is 6.06. The number of aryl methyl sites for hydroxylation is 2. The van der Waals surface area contributed by atoms with Crippen LogP contribution in [0, 0.1) is 13.8 Å². The van der Waals surface area contributed by atoms with Crippen LogP contribution < -0.4 is 5.73 Å². The van der Waals surface area contributed by atoms with Crippen molar-refractivity contribution in [3.63, 3.8) is 0 Å². The fourth-order valence-corrected chi connectivity index (χ4v) is 1.37. The van der Waals surface area contributed by atoms with Gasteiger partial charge >= 0.3 is 0 Å². The van der Waals surface area contributed by atoms with E-state index in [9.17, 15) is 5.11 Å². The number of aromatic hydroxyl groups is 1. The summed E-state index contributed by atoms with van der Waals surface area (Å²) in [5, 5.41) is 9.70. The maximum absolute atomic E-state index is 9.70. The number of hydrogen-bond acceptors (Lipinski definition) is 2. The van der Waals surface area contributed by atoms with Gasteiger partial charge in [-0.15, -0.1) is 6.58 Å². The third kappa shape index (κ3) is 1.90. The highest BCUT2D eigenvalue weighted by molar-refractivity contribution is 5.45. The molecule has 0 amide bonds. The van der Waals surface area contributed by atoms with Crippen molar-refractivity contribution >= 4 is 0 Å². The number of nitrogens with two attached hydrogens (primary N) is 1. The summed E-state index contributed by atoms with van der Waals surface area (Å²) in [4.78, 5) is 0. The summed E-state index contributed by atoms with van der Waals surface area (Å²) < 4.78 is 0. The molecule has 0 spiro atoms. The quantitative estimate of drug-likeness (QED) is 0.680. The number of phenolic OH excluding ortho intramolecular Hbond substituents is 1. The van der Waals surface area contributed by atoms with Crippen LogP contribution in [0.5, 0.6) is 5.75 Å². The van der Waals surface area contributed by atoms with Gasteiger partial charge in [-0.25, -0.2) is 0 Å². The molecule has 0 aliphatic carbocycles. The highest BCUT2D eigenvalue weighted by Gasteiger charge is 2.09. The van der Waals surface area contributed by atoms with E-state index in [0.717, 1.165) is 16.7 Å². The van der Waals surface area contributed by atoms with E-state index in [4.69, 9.17) is 5.73 Å². The van der Waals surface area contributed by atoms with Crippen molar-refractivity contribution in [2.75, 3.05) is 0 Å². The molecule has 0 saturated heterocycles. The van der Waals surface area contributed by atoms with Crippen LogP contribution >= 0.6 is 0 Å². The Labute approximate surface area is 78.7 Å². The average molecular weight is 177 g/mol. The van der Waals surface area contributed by atoms with Crippen molar-refractivity contribution in [2.45, 2.75) is 19.9 Å². The van der Waals surface area contributed by atoms with Crippen LogP contribution in [0.1, 0.15) is 22.7 Å². The second kappa shape index (κ2) is 3.62. The molecule has 1 aromatic carbocycles. The summed E-state index contributed by atoms with van der Waals surface area (Å²) in [6, 6.07) is 3.52. The highest BCUT2D eigenvalue weighted by atomic mass is 16.3. The second-order valence-electron chi connectivity index (χ2n) is 3.28. The Balaban J connectivity index is 3.27. The Bertz CT molecular complexity index is 331. The van der Waals surface area contributed by atoms with Crippen molar-refractivity contribution < 1.29 is 5.11 Å². The van der Waals surface area contributed by atoms with Crippen LogP contribution in [-0.2, 0) is 0 Å². The molecule has 0 aliphatic heterocycles. The number of hydrogen-bond donors (Lipinski definition) is 2. The molecule has 0 aromatic heterocycles. The van der Waals surface area contributed by atoms with E-state index in [1.54, 1.807) is 6.08 Å². The molecule has 70 valence electrons. The maximum Gasteiger partial charge on any atom is 0.123 e. The summed E-state index contributed by atoms with van der Waals surface area (Å²) in [6.45, 7) is 7.44. The Morgan fingerprint density at radius 2 is 2.08 bits per heavy atom. The molecule has 1 aromatic rings. The first-order valence-electron chi connectivity index (χ1n) is 4.24. The first-order valence-corrected chi connectivity index (χ1v) is 4.24. The largest absolute Gasteiger partial charge is 0.507 e. The Kier molecular flexibility index (Phi) is 2.73. The van der Waals surface area contributed by atoms with Crippen molar-refractivity contribution in [1.82, 2.24) is 0 Å². The van der Waals surface area contributed by atoms with E-state index in [0.29, 0.717) is 0 Å². The van der Waals surface area contributed by atoms with E-state index in [1.165, 1.54) is 0 Å². The average Bonchev–Trinajstić information content (AvgIpc) is 2.10. The molecule has 0 saturated carbocycles. The Morgan fingerprint density at radius 1 is 1.46 bits per heavy atom. The van der Waals surface area contributed by atoms with Crippen LogP contribution in [0.4, 0.5) is 0 Å². The second-order valence-corrected chi connectivity index (χ2v) is 3.28. The zero-order chi connectivity index (χ0) is 10.0. The standard InChI is InChI=1S/C11H15NO/c1-4-10(12)9-6-7(2)5-8(3)11(9)13/h4-6,10,13H,1,12H2,2-3H3/t10-/m1/s1. The third-order valence-electron chi connectivity index (χ3n) is 2.09. The Morgan fingerprint density at radius 3 is 2.62 bits per heavy atom. The molecule has 3 N–H and O–H groups in total. The van der Waals surface area contributed by atoms with E-state index >= 15 is 0 Å². The smallest absolute Gasteiger partial charge is 0.123 e. The van der Waals surface area contributed by atoms with Gasteiger partial charge in [0.1, 0.15) is 5.75 Å². The minimum atomic E-state index is -0.293. The van der Waals surface area contributed by atoms with Gasteiger partial charge in [0.25, 0.3) is 0 Å². The summed E-state index contributed by atoms with van der Waals surface area (Å²) in [6.07, 6.45) is 1.62. The van der Waals surface area contributed by atoms with E-state index in [2.05, 4.69) is 6.58 Å². The lowest BCUT2D eigenvalue weighted by atomic mass is 10.0. The van der Waals surface area contributed by atoms with Gasteiger partial charge in [0, 0.05) is 5.56 Å². The van der Waals surface area contributed by atoms with Crippen LogP contribution in [0.2, 0.25) is 0 Å². The van der Waals surface area contributed by atoms with E-state index in [-0.39, 0.29) is 11.8 Å². The lowest BCUT2D eigenvalue weighted by molar-refractivity contribution is 0.461. The van der Waals surface area contributed by atoms with Crippen LogP contribution in [-0.4, -0.2) is 5.11 Å². The van der Waals surface area contributed by atoms with Gasteiger partial charge in [-0.2, -0.15) is 0 Å². The topological polar surface area (TPSA) is 46.2 Å². The van der Waals surface area contributed by atoms with E-state index < -0.39 is 0 Å². The van der Waals surface area contributed by atoms with Crippen molar-refractivity contribution in [2.24, 2.45) is 5.73 Å². The zero-order valence-corrected chi connectivity index (χ0v) is 8.04. The molecule has 0 aliphatic rings. The molecule has 0 unspecified atom stereocenters. The first kappa shape index (κ1) is 9.81. The predicted octanol–water partition coefficient (Wildman–Crippen LogP) is 2.19. The third-order valence-corrected chi connectivity index (χ3v) is 2.09. The van der Waals surface area contributed by atoms with Crippen LogP contribution in [0.15, 0.2) is 24.8 Å². The molecular formula is C11H15NO. The van der Waals surface area contributed by atoms with Crippen molar-refractivity contribution in [3.8, 4) is 5.75 Å². The molecule has 0 heterocycles. The SMILES string of the molecule is C=C[C@@H](N)c1cc(C)cc(C)c1O. The fraction of sp³-hybridized carbons (Fsp3) is 0.273. The summed E-state index contributed by atoms with van der Waals surface area (Å²) in [5.74, 6) is 0.276. The van der Waals surface area contributed by atoms with Gasteiger partial charge in [-0.05, 0) is 19.4 Å². The van der Waals surface area contributed by atoms with Crippen LogP contribution in [0.3, 0.4) is 0 Å². The molecule has 2 nitrogen and oxygen atoms in total. The van der Waals surface area contributed by atoms with Gasteiger partial charge in [0.05, 0.1) is 6.04 Å². The molecule has 13 heavy (non-hydrogen) atoms. The summed E-state index contributed by atoms with van der Waals surface area (Å²) in [5.41, 5.74) is 8.45. The molecule has 0 bridgehead atoms. The lowest BCUT2D eigenvalue weighted by Crippen LogP contribution is -2.07. The molecule has 0 fully saturated rings. The fourth-order valence-electron chi connectivity index (χ4n) is 1.37. The summed E-state index contributed by atoms with van der Waals surface area (Å²) in [7, 11) is 0. The molecular weight excluding hydrogens is 162 g/mol. The normalized spacial score (nSPS) is 12.5. The molecule has 1 atom stereocenters. The minimum absolute atomic E-state index is 0.276. The van der Waals surface area contributed by atoms with Crippen molar-refractivity contribution in [1.29, 1.82) is 0 Å². The minimum Gasteiger partial charge on any atom is -0.507 e. The maximum atomic E-state index is 9.70. The van der Waals surface area contributed by atoms with Gasteiger partial charge in [0.2, 0.25) is 0 Å². The number of rotatable bonds is 2. The molecule has 1 rings (SSSR count). The molecule has 2 heteroatoms. The lowest BCUT2D eigenvalue weighted by Gasteiger charge is -2.12. The van der Waals surface area contributed by atoms with E-state index in [1.807, 2.05) is 26.0 Å². The van der Waals surface area contributed by atoms with Gasteiger partial charge in [0.15, 0.2) is 0 Å². The number of benzene rings is 1. The zero-order valence-electron chi connectivity index (χ0n) is 8.04. The van der Waals surface area contributed by atoms with Gasteiger partial charge in [-0.3, -0.25) is 0 Å². The monoisotopic (exact) mass is 177 g/mol. The molecule has 0 radical (unpaired) electrons. The predicted molar refractivity (Wildman–Crippen MR) is 54.7 cm³/mol. The van der Waals surface area contributed by atoms with Gasteiger partial charge < -0.3 is 10.8 Å². The Hall–Kier alpha value is -1.28. The summed E-state index contributed by atoms with van der Waals surface area (Å²) >= 11 is 0. The van der Waals surface area contributed by atoms with Crippen molar-refractivity contribution in [3.05, 3.63) is 41.5 Å². The number of phenols is 1. The highest BCUT2D eigenvalue weighted by Crippen LogP contribution is 2.28.